The van der Waals surface area contributed by atoms with E-state index in [2.05, 4.69) is 16.1 Å². The number of hydrogen-bond acceptors (Lipinski definition) is 3. The lowest BCUT2D eigenvalue weighted by molar-refractivity contribution is 0.916. The molecule has 2 nitrogen and oxygen atoms in total. The molecule has 0 saturated heterocycles. The molecule has 0 spiro atoms. The maximum absolute atomic E-state index is 4.39. The normalized spacial score (nSPS) is 30.4. The highest BCUT2D eigenvalue weighted by Gasteiger charge is 2.25. The van der Waals surface area contributed by atoms with Gasteiger partial charge in [-0.2, -0.15) is 0 Å². The molecular weight excluding hydrogens is 168 g/mol. The Hall–Kier alpha value is -0.570. The summed E-state index contributed by atoms with van der Waals surface area (Å²) >= 11 is 1.82. The predicted octanol–water partition coefficient (Wildman–Crippen LogP) is 2.51. The first kappa shape index (κ1) is 9.52. The molecule has 2 aliphatic rings. The van der Waals surface area contributed by atoms with Crippen LogP contribution >= 0.6 is 11.8 Å². The van der Waals surface area contributed by atoms with E-state index in [9.17, 15) is 0 Å². The standard InChI is InChI=1S/C7H8N2S.C2H6/c1-5-9-6-4-8-3-2-7(6)10-5;1-2/h2-4,6-7H,1H3;1-2H3. The van der Waals surface area contributed by atoms with Gasteiger partial charge in [-0.25, -0.2) is 0 Å². The van der Waals surface area contributed by atoms with Crippen LogP contribution in [0.4, 0.5) is 0 Å². The Morgan fingerprint density at radius 1 is 1.42 bits per heavy atom. The van der Waals surface area contributed by atoms with Crippen LogP contribution in [0.15, 0.2) is 22.3 Å². The van der Waals surface area contributed by atoms with Crippen molar-refractivity contribution in [2.24, 2.45) is 9.98 Å². The average Bonchev–Trinajstić information content (AvgIpc) is 2.48. The molecule has 0 aromatic carbocycles. The molecule has 0 aromatic heterocycles. The van der Waals surface area contributed by atoms with Crippen LogP contribution in [0.1, 0.15) is 20.8 Å². The third-order valence-corrected chi connectivity index (χ3v) is 2.73. The minimum atomic E-state index is 0.315. The van der Waals surface area contributed by atoms with Gasteiger partial charge in [0.05, 0.1) is 10.3 Å². The van der Waals surface area contributed by atoms with E-state index in [4.69, 9.17) is 0 Å². The number of nitrogens with zero attached hydrogens (tertiary/aromatic N) is 2. The molecule has 0 aromatic rings. The van der Waals surface area contributed by atoms with Crippen LogP contribution in [0.25, 0.3) is 0 Å². The van der Waals surface area contributed by atoms with Crippen molar-refractivity contribution in [3.63, 3.8) is 0 Å². The number of fused-ring (bicyclic) bond motifs is 1. The monoisotopic (exact) mass is 182 g/mol. The smallest absolute Gasteiger partial charge is 0.102 e. The Kier molecular flexibility index (Phi) is 3.53. The lowest BCUT2D eigenvalue weighted by Crippen LogP contribution is -2.18. The molecule has 0 radical (unpaired) electrons. The Balaban J connectivity index is 0.000000336. The molecule has 0 saturated carbocycles. The van der Waals surface area contributed by atoms with Gasteiger partial charge in [0.25, 0.3) is 0 Å². The number of hydrogen-bond donors (Lipinski definition) is 0. The zero-order chi connectivity index (χ0) is 8.97. The van der Waals surface area contributed by atoms with Crippen LogP contribution in [0.5, 0.6) is 0 Å². The highest BCUT2D eigenvalue weighted by atomic mass is 32.2. The fraction of sp³-hybridized carbons (Fsp3) is 0.556. The van der Waals surface area contributed by atoms with Crippen LogP contribution < -0.4 is 0 Å². The first-order valence-electron chi connectivity index (χ1n) is 4.27. The number of thioether (sulfide) groups is 1. The lowest BCUT2D eigenvalue weighted by atomic mass is 10.2. The third-order valence-electron chi connectivity index (χ3n) is 1.57. The van der Waals surface area contributed by atoms with Crippen molar-refractivity contribution in [1.82, 2.24) is 0 Å². The van der Waals surface area contributed by atoms with Crippen molar-refractivity contribution in [3.05, 3.63) is 12.3 Å². The van der Waals surface area contributed by atoms with E-state index >= 15 is 0 Å². The van der Waals surface area contributed by atoms with Gasteiger partial charge in [0, 0.05) is 12.4 Å². The molecule has 0 fully saturated rings. The second-order valence-corrected chi connectivity index (χ2v) is 3.73. The van der Waals surface area contributed by atoms with Gasteiger partial charge in [0.15, 0.2) is 0 Å². The Bertz CT molecular complexity index is 231. The fourth-order valence-corrected chi connectivity index (χ4v) is 2.12. The highest BCUT2D eigenvalue weighted by molar-refractivity contribution is 8.14. The fourth-order valence-electron chi connectivity index (χ4n) is 1.12. The summed E-state index contributed by atoms with van der Waals surface area (Å²) in [6, 6.07) is 0.315. The predicted molar refractivity (Wildman–Crippen MR) is 57.3 cm³/mol. The Morgan fingerprint density at radius 3 is 2.83 bits per heavy atom. The molecule has 66 valence electrons. The molecule has 2 rings (SSSR count). The first-order chi connectivity index (χ1) is 5.86. The van der Waals surface area contributed by atoms with E-state index in [1.165, 1.54) is 5.04 Å². The van der Waals surface area contributed by atoms with E-state index in [-0.39, 0.29) is 0 Å². The first-order valence-corrected chi connectivity index (χ1v) is 5.15. The van der Waals surface area contributed by atoms with Gasteiger partial charge in [-0.05, 0) is 6.92 Å². The SMILES string of the molecule is CC.CC1=NC2C=NC=CC2S1. The van der Waals surface area contributed by atoms with Crippen molar-refractivity contribution in [2.45, 2.75) is 32.1 Å². The molecular formula is C9H14N2S. The summed E-state index contributed by atoms with van der Waals surface area (Å²) in [7, 11) is 0. The third kappa shape index (κ3) is 1.97. The minimum absolute atomic E-state index is 0.315. The summed E-state index contributed by atoms with van der Waals surface area (Å²) in [4.78, 5) is 8.42. The van der Waals surface area contributed by atoms with E-state index in [1.807, 2.05) is 44.9 Å². The summed E-state index contributed by atoms with van der Waals surface area (Å²) in [5, 5.41) is 1.70. The van der Waals surface area contributed by atoms with Gasteiger partial charge >= 0.3 is 0 Å². The second kappa shape index (κ2) is 4.45. The quantitative estimate of drug-likeness (QED) is 0.565. The summed E-state index contributed by atoms with van der Waals surface area (Å²) in [6.07, 6.45) is 5.87. The molecule has 2 aliphatic heterocycles. The highest BCUT2D eigenvalue weighted by Crippen LogP contribution is 2.28. The van der Waals surface area contributed by atoms with Crippen molar-refractivity contribution < 1.29 is 0 Å². The van der Waals surface area contributed by atoms with Gasteiger partial charge in [0.2, 0.25) is 0 Å². The van der Waals surface area contributed by atoms with E-state index < -0.39 is 0 Å². The summed E-state index contributed by atoms with van der Waals surface area (Å²) in [6.45, 7) is 6.05. The van der Waals surface area contributed by atoms with Crippen LogP contribution in [0, 0.1) is 0 Å². The van der Waals surface area contributed by atoms with E-state index in [0.717, 1.165) is 0 Å². The van der Waals surface area contributed by atoms with Crippen LogP contribution in [0.3, 0.4) is 0 Å². The van der Waals surface area contributed by atoms with Gasteiger partial charge in [0.1, 0.15) is 6.04 Å². The molecule has 12 heavy (non-hydrogen) atoms. The van der Waals surface area contributed by atoms with Crippen molar-refractivity contribution in [1.29, 1.82) is 0 Å². The van der Waals surface area contributed by atoms with Gasteiger partial charge in [-0.3, -0.25) is 9.98 Å². The molecule has 2 heterocycles. The van der Waals surface area contributed by atoms with Crippen LogP contribution in [-0.2, 0) is 0 Å². The summed E-state index contributed by atoms with van der Waals surface area (Å²) in [5.41, 5.74) is 0. The van der Waals surface area contributed by atoms with E-state index in [1.54, 1.807) is 0 Å². The zero-order valence-electron chi connectivity index (χ0n) is 7.69. The van der Waals surface area contributed by atoms with Gasteiger partial charge in [-0.15, -0.1) is 11.8 Å². The molecule has 2 atom stereocenters. The Labute approximate surface area is 77.9 Å². The molecule has 0 bridgehead atoms. The molecule has 3 heteroatoms. The van der Waals surface area contributed by atoms with Crippen molar-refractivity contribution >= 4 is 23.0 Å². The van der Waals surface area contributed by atoms with Crippen LogP contribution in [0.2, 0.25) is 0 Å². The topological polar surface area (TPSA) is 24.7 Å². The maximum atomic E-state index is 4.39. The zero-order valence-corrected chi connectivity index (χ0v) is 8.51. The van der Waals surface area contributed by atoms with Crippen molar-refractivity contribution in [3.8, 4) is 0 Å². The largest absolute Gasteiger partial charge is 0.273 e. The number of aliphatic imine (C=N–C) groups is 2. The molecule has 0 aliphatic carbocycles. The van der Waals surface area contributed by atoms with Crippen molar-refractivity contribution in [2.75, 3.05) is 0 Å². The van der Waals surface area contributed by atoms with Gasteiger partial charge < -0.3 is 0 Å². The minimum Gasteiger partial charge on any atom is -0.273 e. The maximum Gasteiger partial charge on any atom is 0.102 e. The molecule has 0 N–H and O–H groups in total. The van der Waals surface area contributed by atoms with Gasteiger partial charge in [-0.1, -0.05) is 19.9 Å². The van der Waals surface area contributed by atoms with Crippen LogP contribution in [-0.4, -0.2) is 22.6 Å². The summed E-state index contributed by atoms with van der Waals surface area (Å²) < 4.78 is 0. The van der Waals surface area contributed by atoms with E-state index in [0.29, 0.717) is 11.3 Å². The average molecular weight is 182 g/mol. The number of rotatable bonds is 0. The lowest BCUT2D eigenvalue weighted by Gasteiger charge is -2.09. The second-order valence-electron chi connectivity index (χ2n) is 2.36. The molecule has 2 unspecified atom stereocenters. The molecule has 0 amide bonds. The summed E-state index contributed by atoms with van der Waals surface area (Å²) in [5.74, 6) is 0. The Morgan fingerprint density at radius 2 is 2.17 bits per heavy atom.